The van der Waals surface area contributed by atoms with E-state index in [4.69, 9.17) is 30.4 Å². The molecule has 1 atom stereocenters. The average molecular weight is 1090 g/mol. The highest BCUT2D eigenvalue weighted by Gasteiger charge is 2.27. The Labute approximate surface area is 467 Å². The third-order valence-corrected chi connectivity index (χ3v) is 13.8. The molecular formula is C65H60N4O12. The molecule has 0 aliphatic rings. The van der Waals surface area contributed by atoms with Crippen LogP contribution in [-0.4, -0.2) is 57.9 Å². The van der Waals surface area contributed by atoms with Crippen LogP contribution < -0.4 is 30.4 Å². The minimum atomic E-state index is -1.13. The van der Waals surface area contributed by atoms with E-state index in [1.807, 2.05) is 118 Å². The lowest BCUT2D eigenvalue weighted by Crippen LogP contribution is -2.22. The first-order valence-corrected chi connectivity index (χ1v) is 26.1. The Balaban J connectivity index is 1.06. The number of hydrogen-bond donors (Lipinski definition) is 4. The third-order valence-electron chi connectivity index (χ3n) is 13.8. The molecule has 0 fully saturated rings. The Morgan fingerprint density at radius 2 is 0.815 bits per heavy atom. The molecule has 8 aromatic carbocycles. The third kappa shape index (κ3) is 14.2. The number of hydrogen-bond acceptors (Lipinski definition) is 10. The van der Waals surface area contributed by atoms with Crippen LogP contribution in [0.2, 0.25) is 0 Å². The first-order valence-electron chi connectivity index (χ1n) is 26.1. The molecule has 4 amide bonds. The number of carboxylic acids is 2. The summed E-state index contributed by atoms with van der Waals surface area (Å²) in [7, 11) is 0. The van der Waals surface area contributed by atoms with Gasteiger partial charge in [-0.15, -0.1) is 0 Å². The van der Waals surface area contributed by atoms with Gasteiger partial charge < -0.3 is 40.6 Å². The molecule has 1 unspecified atom stereocenters. The molecule has 412 valence electrons. The molecule has 0 saturated carbocycles. The van der Waals surface area contributed by atoms with E-state index in [1.54, 1.807) is 48.5 Å². The zero-order valence-electron chi connectivity index (χ0n) is 45.4. The summed E-state index contributed by atoms with van der Waals surface area (Å²) < 4.78 is 23.3. The first kappa shape index (κ1) is 57.2. The van der Waals surface area contributed by atoms with Crippen LogP contribution in [0.25, 0.3) is 65.3 Å². The number of ether oxygens (including phenoxy) is 4. The Hall–Kier alpha value is -9.96. The number of carbonyl (C=O) groups excluding carboxylic acids is 4. The number of nitrogens with two attached hydrogens (primary N) is 2. The molecule has 0 saturated heterocycles. The Morgan fingerprint density at radius 3 is 1.16 bits per heavy atom. The molecule has 16 heteroatoms. The largest absolute Gasteiger partial charge is 0.478 e. The average Bonchev–Trinajstić information content (AvgIpc) is 3.62. The van der Waals surface area contributed by atoms with E-state index in [-0.39, 0.29) is 65.7 Å². The van der Waals surface area contributed by atoms with E-state index < -0.39 is 41.7 Å². The number of allylic oxidation sites excluding steroid dienone is 2. The fraction of sp³-hybridized carbons (Fsp3) is 0.200. The Bertz CT molecular complexity index is 3930. The van der Waals surface area contributed by atoms with Crippen molar-refractivity contribution in [3.63, 3.8) is 0 Å². The van der Waals surface area contributed by atoms with Gasteiger partial charge in [0.25, 0.3) is 0 Å². The molecule has 0 aliphatic heterocycles. The maximum atomic E-state index is 14.2. The molecular weight excluding hydrogens is 1030 g/mol. The standard InChI is InChI=1S/C65H60N4O12/c1-38(22-29-45(30-23-39(2)59(70)71)68-63(76)80-53-34-27-43-16-8-12-20-49(43)57(53)55-47-18-10-6-14-41(47)25-32-51(55)78-61(66)74)36-65(4,5)37-46(31-24-40(3)60(72)73)69-64(77)81-54-35-28-44-17-9-13-21-50(44)58(54)56-48-19-11-7-15-42(48)26-33-52(56)79-62(67)75/h6-21,23-28,32-35,38H,22,29-31,36-37H2,1-5H3,(H2,66,74)(H2,67,75)(H,70,71)(H,72,73). The molecule has 81 heavy (non-hydrogen) atoms. The van der Waals surface area contributed by atoms with Gasteiger partial charge in [0.05, 0.1) is 0 Å². The van der Waals surface area contributed by atoms with Crippen LogP contribution in [0.15, 0.2) is 179 Å². The van der Waals surface area contributed by atoms with Crippen molar-refractivity contribution in [3.05, 3.63) is 169 Å². The minimum absolute atomic E-state index is 0.0165. The van der Waals surface area contributed by atoms with Gasteiger partial charge in [0.2, 0.25) is 0 Å². The smallest absolute Gasteiger partial charge is 0.438 e. The van der Waals surface area contributed by atoms with Gasteiger partial charge in [-0.25, -0.2) is 28.8 Å². The second-order valence-corrected chi connectivity index (χ2v) is 20.6. The van der Waals surface area contributed by atoms with E-state index in [0.29, 0.717) is 68.1 Å². The molecule has 0 spiro atoms. The lowest BCUT2D eigenvalue weighted by molar-refractivity contribution is -0.133. The topological polar surface area (TPSA) is 257 Å². The van der Waals surface area contributed by atoms with Crippen molar-refractivity contribution in [1.29, 1.82) is 0 Å². The van der Waals surface area contributed by atoms with Crippen LogP contribution in [-0.2, 0) is 9.59 Å². The summed E-state index contributed by atoms with van der Waals surface area (Å²) in [5.74, 6) is -1.75. The minimum Gasteiger partial charge on any atom is -0.478 e. The summed E-state index contributed by atoms with van der Waals surface area (Å²) in [5, 5.41) is 25.5. The number of rotatable bonds is 19. The zero-order chi connectivity index (χ0) is 58.0. The van der Waals surface area contributed by atoms with Crippen molar-refractivity contribution < 1.29 is 57.9 Å². The van der Waals surface area contributed by atoms with E-state index in [0.717, 1.165) is 21.5 Å². The van der Waals surface area contributed by atoms with Crippen LogP contribution in [0.3, 0.4) is 0 Å². The van der Waals surface area contributed by atoms with Crippen molar-refractivity contribution in [2.24, 2.45) is 32.8 Å². The predicted octanol–water partition coefficient (Wildman–Crippen LogP) is 15.2. The quantitative estimate of drug-likeness (QED) is 0.0435. The predicted molar refractivity (Wildman–Crippen MR) is 315 cm³/mol. The summed E-state index contributed by atoms with van der Waals surface area (Å²) >= 11 is 0. The number of carboxylic acid groups (broad SMARTS) is 2. The van der Waals surface area contributed by atoms with Crippen LogP contribution in [0, 0.1) is 11.3 Å². The summed E-state index contributed by atoms with van der Waals surface area (Å²) in [4.78, 5) is 85.5. The molecule has 8 rings (SSSR count). The van der Waals surface area contributed by atoms with Crippen LogP contribution in [0.5, 0.6) is 23.0 Å². The highest BCUT2D eigenvalue weighted by molar-refractivity contribution is 6.12. The number of amides is 4. The molecule has 0 aliphatic carbocycles. The molecule has 0 bridgehead atoms. The van der Waals surface area contributed by atoms with Gasteiger partial charge in [0.1, 0.15) is 23.0 Å². The maximum Gasteiger partial charge on any atom is 0.438 e. The lowest BCUT2D eigenvalue weighted by atomic mass is 9.77. The van der Waals surface area contributed by atoms with Crippen LogP contribution >= 0.6 is 0 Å². The van der Waals surface area contributed by atoms with Crippen LogP contribution in [0.4, 0.5) is 19.2 Å². The van der Waals surface area contributed by atoms with Crippen molar-refractivity contribution in [2.75, 3.05) is 0 Å². The monoisotopic (exact) mass is 1090 g/mol. The molecule has 0 aromatic heterocycles. The number of fused-ring (bicyclic) bond motifs is 4. The van der Waals surface area contributed by atoms with Gasteiger partial charge in [-0.2, -0.15) is 9.98 Å². The molecule has 6 N–H and O–H groups in total. The number of carbonyl (C=O) groups is 6. The Morgan fingerprint density at radius 1 is 0.494 bits per heavy atom. The number of nitrogens with zero attached hydrogens (tertiary/aromatic N) is 2. The fourth-order valence-corrected chi connectivity index (χ4v) is 10.2. The zero-order valence-corrected chi connectivity index (χ0v) is 45.4. The van der Waals surface area contributed by atoms with Crippen molar-refractivity contribution in [2.45, 2.75) is 73.1 Å². The summed E-state index contributed by atoms with van der Waals surface area (Å²) in [5.41, 5.74) is 13.2. The van der Waals surface area contributed by atoms with Crippen molar-refractivity contribution >= 4 is 90.8 Å². The maximum absolute atomic E-state index is 14.2. The van der Waals surface area contributed by atoms with Gasteiger partial charge in [-0.05, 0) is 118 Å². The van der Waals surface area contributed by atoms with E-state index in [1.165, 1.54) is 26.0 Å². The van der Waals surface area contributed by atoms with Gasteiger partial charge in [-0.3, -0.25) is 0 Å². The molecule has 0 heterocycles. The van der Waals surface area contributed by atoms with Crippen LogP contribution in [0.1, 0.15) is 73.1 Å². The fourth-order valence-electron chi connectivity index (χ4n) is 10.2. The number of benzene rings is 8. The molecule has 16 nitrogen and oxygen atoms in total. The van der Waals surface area contributed by atoms with Crippen molar-refractivity contribution in [3.8, 4) is 45.3 Å². The summed E-state index contributed by atoms with van der Waals surface area (Å²) in [6.45, 7) is 8.93. The number of aliphatic imine (C=N–C) groups is 2. The van der Waals surface area contributed by atoms with E-state index in [9.17, 15) is 39.0 Å². The van der Waals surface area contributed by atoms with Crippen molar-refractivity contribution in [1.82, 2.24) is 0 Å². The normalized spacial score (nSPS) is 12.8. The van der Waals surface area contributed by atoms with E-state index >= 15 is 0 Å². The highest BCUT2D eigenvalue weighted by Crippen LogP contribution is 2.47. The van der Waals surface area contributed by atoms with Gasteiger partial charge in [-0.1, -0.05) is 154 Å². The second-order valence-electron chi connectivity index (χ2n) is 20.6. The van der Waals surface area contributed by atoms with Gasteiger partial charge in [0.15, 0.2) is 0 Å². The summed E-state index contributed by atoms with van der Waals surface area (Å²) in [6.07, 6.45) is 0.602. The number of primary amides is 2. The second kappa shape index (κ2) is 25.2. The first-order chi connectivity index (χ1) is 38.7. The molecule has 8 aromatic rings. The molecule has 0 radical (unpaired) electrons. The van der Waals surface area contributed by atoms with Gasteiger partial charge >= 0.3 is 36.3 Å². The highest BCUT2D eigenvalue weighted by atomic mass is 16.6. The SMILES string of the molecule is CC(=CCC(CCC(C)CC(C)(C)CC(CC=C(C)C(=O)O)=NC(=O)Oc1ccc2ccccc2c1-c1c(OC(N)=O)ccc2ccccc12)=NC(=O)Oc1ccc2ccccc2c1-c1c(OC(N)=O)ccc2ccccc12)C(=O)O. The van der Waals surface area contributed by atoms with Gasteiger partial charge in [0, 0.05) is 57.7 Å². The summed E-state index contributed by atoms with van der Waals surface area (Å²) in [6, 6.07) is 43.6. The number of aliphatic carboxylic acids is 2. The van der Waals surface area contributed by atoms with E-state index in [2.05, 4.69) is 9.98 Å². The Kier molecular flexibility index (Phi) is 17.8. The lowest BCUT2D eigenvalue weighted by Gasteiger charge is -2.29.